The fourth-order valence-electron chi connectivity index (χ4n) is 2.44. The van der Waals surface area contributed by atoms with Crippen LogP contribution in [-0.2, 0) is 0 Å². The highest BCUT2D eigenvalue weighted by Gasteiger charge is 2.09. The Labute approximate surface area is 165 Å². The van der Waals surface area contributed by atoms with Crippen LogP contribution in [0.2, 0.25) is 0 Å². The minimum absolute atomic E-state index is 0. The number of nitrogens with zero attached hydrogens (tertiary/aromatic N) is 6. The number of thiazole rings is 1. The Hall–Kier alpha value is -2.54. The van der Waals surface area contributed by atoms with Gasteiger partial charge in [0.05, 0.1) is 39.5 Å². The van der Waals surface area contributed by atoms with Crippen LogP contribution in [0.3, 0.4) is 0 Å². The highest BCUT2D eigenvalue weighted by atomic mass is 32.1. The van der Waals surface area contributed by atoms with Crippen LogP contribution in [0.15, 0.2) is 36.2 Å². The van der Waals surface area contributed by atoms with E-state index < -0.39 is 0 Å². The molecule has 27 heavy (non-hydrogen) atoms. The zero-order valence-corrected chi connectivity index (χ0v) is 15.5. The molecule has 7 heteroatoms. The Morgan fingerprint density at radius 2 is 1.44 bits per heavy atom. The Kier molecular flexibility index (Phi) is 8.31. The van der Waals surface area contributed by atoms with Gasteiger partial charge < -0.3 is 0 Å². The number of hydrogen-bond donors (Lipinski definition) is 0. The first-order valence-electron chi connectivity index (χ1n) is 8.19. The molecule has 0 N–H and O–H groups in total. The van der Waals surface area contributed by atoms with Gasteiger partial charge in [0.15, 0.2) is 0 Å². The van der Waals surface area contributed by atoms with Gasteiger partial charge in [0, 0.05) is 11.6 Å². The number of aromatic nitrogens is 6. The highest BCUT2D eigenvalue weighted by molar-refractivity contribution is 7.16. The molecule has 0 aliphatic rings. The zero-order chi connectivity index (χ0) is 17.8. The molecular formula is C20H28N6S. The highest BCUT2D eigenvalue weighted by Crippen LogP contribution is 2.23. The Morgan fingerprint density at radius 1 is 0.815 bits per heavy atom. The fourth-order valence-corrected chi connectivity index (χ4v) is 3.09. The zero-order valence-electron chi connectivity index (χ0n) is 14.7. The maximum atomic E-state index is 4.30. The molecule has 0 aliphatic heterocycles. The molecule has 0 unspecified atom stereocenters. The lowest BCUT2D eigenvalue weighted by atomic mass is 10.1. The molecule has 6 nitrogen and oxygen atoms in total. The third-order valence-corrected chi connectivity index (χ3v) is 4.48. The van der Waals surface area contributed by atoms with Crippen molar-refractivity contribution < 1.29 is 0 Å². The lowest BCUT2D eigenvalue weighted by molar-refractivity contribution is 0.795. The topological polar surface area (TPSA) is 77.3 Å². The van der Waals surface area contributed by atoms with Crippen molar-refractivity contribution in [1.29, 1.82) is 0 Å². The standard InChI is InChI=1S/C10H11N3.C8H9N3S.2CH4/c1-7(2)9-10-8(6-12-13-9)4-3-5-11-10;1-5(2)7-8-6(3-10-11-7)12-4-9-8;;/h3-7H,1-2H3;3-5H,1-2H3;2*1H4. The Morgan fingerprint density at radius 3 is 2.11 bits per heavy atom. The van der Waals surface area contributed by atoms with E-state index in [0.717, 1.165) is 32.5 Å². The van der Waals surface area contributed by atoms with Gasteiger partial charge in [0.1, 0.15) is 5.52 Å². The second-order valence-corrected chi connectivity index (χ2v) is 7.16. The van der Waals surface area contributed by atoms with Crippen molar-refractivity contribution in [1.82, 2.24) is 30.4 Å². The van der Waals surface area contributed by atoms with Gasteiger partial charge in [0.2, 0.25) is 0 Å². The first-order valence-corrected chi connectivity index (χ1v) is 9.07. The van der Waals surface area contributed by atoms with Gasteiger partial charge in [-0.2, -0.15) is 20.4 Å². The average Bonchev–Trinajstić information content (AvgIpc) is 3.10. The minimum Gasteiger partial charge on any atom is -0.254 e. The number of hydrogen-bond acceptors (Lipinski definition) is 7. The lowest BCUT2D eigenvalue weighted by Gasteiger charge is -2.05. The molecule has 0 amide bonds. The van der Waals surface area contributed by atoms with Crippen molar-refractivity contribution in [3.8, 4) is 0 Å². The normalized spacial score (nSPS) is 10.3. The van der Waals surface area contributed by atoms with E-state index in [4.69, 9.17) is 0 Å². The molecule has 0 aromatic carbocycles. The van der Waals surface area contributed by atoms with Crippen molar-refractivity contribution in [2.75, 3.05) is 0 Å². The molecular weight excluding hydrogens is 356 g/mol. The van der Waals surface area contributed by atoms with Gasteiger partial charge in [-0.1, -0.05) is 42.5 Å². The molecule has 0 atom stereocenters. The van der Waals surface area contributed by atoms with Gasteiger partial charge in [-0.3, -0.25) is 4.98 Å². The summed E-state index contributed by atoms with van der Waals surface area (Å²) in [7, 11) is 0. The maximum Gasteiger partial charge on any atom is 0.106 e. The van der Waals surface area contributed by atoms with E-state index in [-0.39, 0.29) is 14.9 Å². The van der Waals surface area contributed by atoms with Gasteiger partial charge in [-0.15, -0.1) is 11.3 Å². The van der Waals surface area contributed by atoms with Crippen LogP contribution in [0.1, 0.15) is 65.8 Å². The van der Waals surface area contributed by atoms with Gasteiger partial charge in [-0.25, -0.2) is 4.98 Å². The van der Waals surface area contributed by atoms with E-state index in [9.17, 15) is 0 Å². The van der Waals surface area contributed by atoms with Crippen molar-refractivity contribution in [2.24, 2.45) is 0 Å². The third kappa shape index (κ3) is 5.01. The van der Waals surface area contributed by atoms with E-state index in [0.29, 0.717) is 11.8 Å². The van der Waals surface area contributed by atoms with Crippen molar-refractivity contribution in [3.05, 3.63) is 47.6 Å². The van der Waals surface area contributed by atoms with Crippen LogP contribution in [-0.4, -0.2) is 30.4 Å². The fraction of sp³-hybridized carbons (Fsp3) is 0.400. The molecule has 0 saturated carbocycles. The van der Waals surface area contributed by atoms with Crippen LogP contribution in [0.4, 0.5) is 0 Å². The summed E-state index contributed by atoms with van der Waals surface area (Å²) in [6.45, 7) is 8.39. The summed E-state index contributed by atoms with van der Waals surface area (Å²) in [6.07, 6.45) is 5.29. The van der Waals surface area contributed by atoms with Crippen molar-refractivity contribution >= 4 is 32.5 Å². The van der Waals surface area contributed by atoms with Crippen LogP contribution in [0, 0.1) is 0 Å². The van der Waals surface area contributed by atoms with Crippen LogP contribution in [0.25, 0.3) is 21.1 Å². The predicted octanol–water partition coefficient (Wildman–Crippen LogP) is 5.63. The molecule has 4 aromatic heterocycles. The third-order valence-electron chi connectivity index (χ3n) is 3.72. The molecule has 4 rings (SSSR count). The molecule has 0 spiro atoms. The first kappa shape index (κ1) is 22.5. The molecule has 0 aliphatic carbocycles. The average molecular weight is 385 g/mol. The largest absolute Gasteiger partial charge is 0.254 e. The van der Waals surface area contributed by atoms with Gasteiger partial charge >= 0.3 is 0 Å². The molecule has 4 heterocycles. The monoisotopic (exact) mass is 384 g/mol. The SMILES string of the molecule is C.C.CC(C)c1nncc2cccnc12.CC(C)c1nncc2scnc12. The second-order valence-electron chi connectivity index (χ2n) is 6.28. The second kappa shape index (κ2) is 9.97. The summed E-state index contributed by atoms with van der Waals surface area (Å²) in [5.41, 5.74) is 5.77. The number of pyridine rings is 1. The van der Waals surface area contributed by atoms with E-state index in [1.54, 1.807) is 29.9 Å². The molecule has 0 bridgehead atoms. The van der Waals surface area contributed by atoms with Crippen LogP contribution < -0.4 is 0 Å². The van der Waals surface area contributed by atoms with E-state index >= 15 is 0 Å². The molecule has 144 valence electrons. The maximum absolute atomic E-state index is 4.30. The first-order chi connectivity index (χ1) is 12.1. The molecule has 0 saturated heterocycles. The van der Waals surface area contributed by atoms with Gasteiger partial charge in [0.25, 0.3) is 0 Å². The summed E-state index contributed by atoms with van der Waals surface area (Å²) < 4.78 is 1.12. The van der Waals surface area contributed by atoms with Gasteiger partial charge in [-0.05, 0) is 24.0 Å². The number of fused-ring (bicyclic) bond motifs is 2. The predicted molar refractivity (Wildman–Crippen MR) is 114 cm³/mol. The quantitative estimate of drug-likeness (QED) is 0.446. The summed E-state index contributed by atoms with van der Waals surface area (Å²) in [5, 5.41) is 17.1. The van der Waals surface area contributed by atoms with E-state index in [1.807, 2.05) is 17.6 Å². The summed E-state index contributed by atoms with van der Waals surface area (Å²) in [5.74, 6) is 0.759. The Bertz CT molecular complexity index is 975. The van der Waals surface area contributed by atoms with Crippen molar-refractivity contribution in [3.63, 3.8) is 0 Å². The summed E-state index contributed by atoms with van der Waals surface area (Å²) >= 11 is 1.61. The van der Waals surface area contributed by atoms with Crippen LogP contribution in [0.5, 0.6) is 0 Å². The minimum atomic E-state index is 0. The smallest absolute Gasteiger partial charge is 0.106 e. The number of rotatable bonds is 2. The summed E-state index contributed by atoms with van der Waals surface area (Å²) in [4.78, 5) is 8.56. The Balaban J connectivity index is 0.000000252. The summed E-state index contributed by atoms with van der Waals surface area (Å²) in [6, 6.07) is 3.91. The van der Waals surface area contributed by atoms with Crippen molar-refractivity contribution in [2.45, 2.75) is 54.4 Å². The van der Waals surface area contributed by atoms with E-state index in [2.05, 4.69) is 58.1 Å². The molecule has 0 radical (unpaired) electrons. The van der Waals surface area contributed by atoms with E-state index in [1.165, 1.54) is 0 Å². The van der Waals surface area contributed by atoms with Crippen LogP contribution >= 0.6 is 11.3 Å². The molecule has 4 aromatic rings. The lowest BCUT2D eigenvalue weighted by Crippen LogP contribution is -1.97. The molecule has 0 fully saturated rings.